The third-order valence-electron chi connectivity index (χ3n) is 6.78. The highest BCUT2D eigenvalue weighted by molar-refractivity contribution is 7.47. The van der Waals surface area contributed by atoms with E-state index in [0.717, 1.165) is 34.4 Å². The molecule has 1 fully saturated rings. The standard InChI is InChI=1S/C21H21F2N9O11P2/c22-10-8(1-33)41-21(32-6-30-13-18(32)27-4-28-19(13)34)15(10)43-45(37,38)40-2-9-14(39-7-44(35)36)11(23)20(42-9)31-5-29-12-16(24)25-3-26-17(12)31/h3-6,9,11,14-15,20-21,33H,1-2,7H2,(H4-,24,25,26,27,28,34,35,36,37,38)/p+1. The summed E-state index contributed by atoms with van der Waals surface area (Å²) < 4.78 is 83.9. The molecule has 4 aromatic heterocycles. The van der Waals surface area contributed by atoms with Crippen molar-refractivity contribution in [2.24, 2.45) is 0 Å². The molecule has 0 radical (unpaired) electrons. The van der Waals surface area contributed by atoms with E-state index in [1.165, 1.54) is 0 Å². The fourth-order valence-electron chi connectivity index (χ4n) is 4.81. The predicted octanol–water partition coefficient (Wildman–Crippen LogP) is 0.0590. The number of hydrogen-bond donors (Lipinski definition) is 5. The van der Waals surface area contributed by atoms with Gasteiger partial charge in [0.2, 0.25) is 6.23 Å². The molecule has 0 amide bonds. The molecule has 8 unspecified atom stereocenters. The summed E-state index contributed by atoms with van der Waals surface area (Å²) in [4.78, 5) is 53.8. The van der Waals surface area contributed by atoms with Crippen LogP contribution in [0.4, 0.5) is 14.6 Å². The lowest BCUT2D eigenvalue weighted by Gasteiger charge is -2.24. The van der Waals surface area contributed by atoms with Gasteiger partial charge >= 0.3 is 15.9 Å². The Kier molecular flexibility index (Phi) is 8.41. The van der Waals surface area contributed by atoms with Gasteiger partial charge < -0.3 is 34.9 Å². The number of alkyl halides is 1. The molecule has 0 saturated carbocycles. The number of nitrogen functional groups attached to an aromatic ring is 1. The van der Waals surface area contributed by atoms with E-state index in [0.29, 0.717) is 0 Å². The van der Waals surface area contributed by atoms with Gasteiger partial charge in [-0.05, 0) is 4.57 Å². The van der Waals surface area contributed by atoms with Crippen LogP contribution in [0.3, 0.4) is 0 Å². The Bertz CT molecular complexity index is 1900. The average molecular weight is 676 g/mol. The van der Waals surface area contributed by atoms with Crippen LogP contribution >= 0.6 is 15.9 Å². The minimum Gasteiger partial charge on any atom is -0.466 e. The number of nitrogens with zero attached hydrogens (tertiary/aromatic N) is 7. The Morgan fingerprint density at radius 3 is 2.58 bits per heavy atom. The number of phosphoric acid groups is 1. The third-order valence-corrected chi connectivity index (χ3v) is 8.11. The van der Waals surface area contributed by atoms with Crippen molar-refractivity contribution in [3.8, 4) is 0 Å². The van der Waals surface area contributed by atoms with Crippen molar-refractivity contribution in [3.05, 3.63) is 47.2 Å². The number of hydrogen-bond acceptors (Lipinski definition) is 15. The van der Waals surface area contributed by atoms with Crippen molar-refractivity contribution in [2.45, 2.75) is 36.9 Å². The van der Waals surface area contributed by atoms with Crippen molar-refractivity contribution >= 4 is 44.0 Å². The molecule has 4 aromatic rings. The third kappa shape index (κ3) is 5.83. The molecular formula is C21H22F2N9O11P2+. The van der Waals surface area contributed by atoms with Gasteiger partial charge in [0.05, 0.1) is 19.3 Å². The zero-order valence-corrected chi connectivity index (χ0v) is 24.1. The molecule has 240 valence electrons. The maximum Gasteiger partial charge on any atom is 0.534 e. The van der Waals surface area contributed by atoms with Gasteiger partial charge in [0.1, 0.15) is 37.0 Å². The van der Waals surface area contributed by atoms with E-state index in [1.807, 2.05) is 0 Å². The van der Waals surface area contributed by atoms with Gasteiger partial charge in [0, 0.05) is 0 Å². The van der Waals surface area contributed by atoms with Crippen LogP contribution in [0.1, 0.15) is 12.5 Å². The van der Waals surface area contributed by atoms with Gasteiger partial charge in [-0.2, -0.15) is 4.89 Å². The normalized spacial score (nSPS) is 26.9. The Labute approximate surface area is 248 Å². The first kappa shape index (κ1) is 31.1. The number of nitrogens with one attached hydrogen (secondary N) is 1. The number of imidazole rings is 2. The van der Waals surface area contributed by atoms with Gasteiger partial charge in [-0.15, -0.1) is 0 Å². The largest absolute Gasteiger partial charge is 0.534 e. The summed E-state index contributed by atoms with van der Waals surface area (Å²) in [6, 6.07) is 0. The van der Waals surface area contributed by atoms with Crippen LogP contribution in [0.2, 0.25) is 0 Å². The molecule has 24 heteroatoms. The minimum atomic E-state index is -5.27. The molecule has 2 aliphatic rings. The molecule has 20 nitrogen and oxygen atoms in total. The number of phosphoric ester groups is 1. The number of nitrogens with two attached hydrogens (primary N) is 1. The van der Waals surface area contributed by atoms with Crippen molar-refractivity contribution in [1.82, 2.24) is 39.0 Å². The van der Waals surface area contributed by atoms with Crippen LogP contribution in [0, 0.1) is 0 Å². The number of fused-ring (bicyclic) bond motifs is 2. The molecule has 0 aromatic carbocycles. The Morgan fingerprint density at radius 2 is 1.84 bits per heavy atom. The zero-order valence-electron chi connectivity index (χ0n) is 22.4. The summed E-state index contributed by atoms with van der Waals surface area (Å²) in [5.41, 5.74) is 5.11. The Hall–Kier alpha value is -3.85. The van der Waals surface area contributed by atoms with Gasteiger partial charge in [0.15, 0.2) is 52.7 Å². The number of ether oxygens (including phenoxy) is 3. The van der Waals surface area contributed by atoms with E-state index in [1.54, 1.807) is 0 Å². The minimum absolute atomic E-state index is 0.00147. The van der Waals surface area contributed by atoms with Crippen molar-refractivity contribution in [2.75, 3.05) is 25.3 Å². The zero-order chi connectivity index (χ0) is 32.0. The van der Waals surface area contributed by atoms with Crippen LogP contribution in [-0.2, 0) is 32.4 Å². The lowest BCUT2D eigenvalue weighted by molar-refractivity contribution is -0.0602. The lowest BCUT2D eigenvalue weighted by atomic mass is 10.1. The summed E-state index contributed by atoms with van der Waals surface area (Å²) in [6.45, 7) is -1.86. The molecule has 6 heterocycles. The lowest BCUT2D eigenvalue weighted by Crippen LogP contribution is -2.34. The van der Waals surface area contributed by atoms with Crippen molar-refractivity contribution in [1.29, 1.82) is 0 Å². The van der Waals surface area contributed by atoms with Gasteiger partial charge in [-0.25, -0.2) is 38.3 Å². The number of rotatable bonds is 11. The van der Waals surface area contributed by atoms with E-state index in [2.05, 4.69) is 29.9 Å². The van der Waals surface area contributed by atoms with Crippen LogP contribution in [0.15, 0.2) is 41.7 Å². The second kappa shape index (κ2) is 12.2. The number of aromatic amines is 1. The summed E-state index contributed by atoms with van der Waals surface area (Å²) in [7, 11) is -8.14. The van der Waals surface area contributed by atoms with E-state index in [-0.39, 0.29) is 28.1 Å². The fourth-order valence-corrected chi connectivity index (χ4v) is 5.99. The second-order valence-electron chi connectivity index (χ2n) is 9.49. The fraction of sp³-hybridized carbons (Fsp3) is 0.429. The van der Waals surface area contributed by atoms with Gasteiger partial charge in [0.25, 0.3) is 11.9 Å². The van der Waals surface area contributed by atoms with Gasteiger partial charge in [-0.3, -0.25) is 23.0 Å². The molecule has 1 saturated heterocycles. The van der Waals surface area contributed by atoms with Crippen LogP contribution < -0.4 is 11.3 Å². The topological polar surface area (TPSA) is 274 Å². The highest BCUT2D eigenvalue weighted by Gasteiger charge is 2.50. The summed E-state index contributed by atoms with van der Waals surface area (Å²) >= 11 is 0. The van der Waals surface area contributed by atoms with E-state index < -0.39 is 89.5 Å². The molecule has 0 spiro atoms. The number of aliphatic hydroxyl groups is 1. The predicted molar refractivity (Wildman–Crippen MR) is 142 cm³/mol. The van der Waals surface area contributed by atoms with Crippen molar-refractivity contribution < 1.29 is 56.1 Å². The van der Waals surface area contributed by atoms with Crippen molar-refractivity contribution in [3.63, 3.8) is 0 Å². The first-order valence-corrected chi connectivity index (χ1v) is 15.6. The number of H-pyrrole nitrogens is 1. The van der Waals surface area contributed by atoms with E-state index in [4.69, 9.17) is 29.0 Å². The first-order chi connectivity index (χ1) is 21.5. The number of anilines is 1. The molecule has 2 aliphatic heterocycles. The Balaban J connectivity index is 1.22. The molecule has 8 atom stereocenters. The molecule has 6 N–H and O–H groups in total. The summed E-state index contributed by atoms with van der Waals surface area (Å²) in [5.74, 6) is -1.90. The molecular weight excluding hydrogens is 654 g/mol. The van der Waals surface area contributed by atoms with E-state index in [9.17, 15) is 28.8 Å². The molecule has 45 heavy (non-hydrogen) atoms. The molecule has 6 rings (SSSR count). The summed E-state index contributed by atoms with van der Waals surface area (Å²) in [6.07, 6.45) is -6.74. The van der Waals surface area contributed by atoms with Crippen LogP contribution in [0.25, 0.3) is 22.3 Å². The Morgan fingerprint density at radius 1 is 1.13 bits per heavy atom. The molecule has 0 bridgehead atoms. The second-order valence-corrected chi connectivity index (χ2v) is 11.9. The maximum absolute atomic E-state index is 15.7. The first-order valence-electron chi connectivity index (χ1n) is 12.7. The van der Waals surface area contributed by atoms with Crippen LogP contribution in [0.5, 0.6) is 0 Å². The quantitative estimate of drug-likeness (QED) is 0.131. The highest BCUT2D eigenvalue weighted by Crippen LogP contribution is 2.51. The smallest absolute Gasteiger partial charge is 0.466 e. The average Bonchev–Trinajstić information content (AvgIpc) is 3.76. The number of aromatic nitrogens is 8. The number of aliphatic hydroxyl groups excluding tert-OH is 1. The maximum atomic E-state index is 15.7. The number of halogens is 2. The monoisotopic (exact) mass is 676 g/mol. The molecule has 0 aliphatic carbocycles. The highest BCUT2D eigenvalue weighted by atomic mass is 31.2. The van der Waals surface area contributed by atoms with Crippen LogP contribution in [-0.4, -0.2) is 98.0 Å². The van der Waals surface area contributed by atoms with Gasteiger partial charge in [-0.1, -0.05) is 0 Å². The summed E-state index contributed by atoms with van der Waals surface area (Å²) in [5, 5.41) is 9.54. The SMILES string of the molecule is Nc1ncnc2c1ncn2C1OC(COP(=O)(O)OC2C(F)=C(CO)OC2n2cnc3c(=O)[nH]cnc32)C(OC[P+](=O)O)C1F. The van der Waals surface area contributed by atoms with E-state index >= 15 is 8.78 Å².